The van der Waals surface area contributed by atoms with E-state index in [0.29, 0.717) is 24.3 Å². The number of hydrogen-bond donors (Lipinski definition) is 3. The Balaban J connectivity index is 1.42. The Labute approximate surface area is 190 Å². The number of amides is 3. The summed E-state index contributed by atoms with van der Waals surface area (Å²) in [6.07, 6.45) is 2.03. The van der Waals surface area contributed by atoms with Gasteiger partial charge in [0.15, 0.2) is 0 Å². The van der Waals surface area contributed by atoms with Crippen molar-refractivity contribution in [3.05, 3.63) is 59.7 Å². The number of phenols is 1. The number of nitrogens with one attached hydrogen (secondary N) is 2. The van der Waals surface area contributed by atoms with Crippen LogP contribution in [0, 0.1) is 11.8 Å². The number of aromatic hydroxyl groups is 1. The summed E-state index contributed by atoms with van der Waals surface area (Å²) in [6.45, 7) is 0.869. The van der Waals surface area contributed by atoms with Gasteiger partial charge in [-0.15, -0.1) is 0 Å². The highest BCUT2D eigenvalue weighted by molar-refractivity contribution is 6.15. The molecule has 170 valence electrons. The van der Waals surface area contributed by atoms with E-state index < -0.39 is 23.4 Å². The molecule has 1 spiro atoms. The van der Waals surface area contributed by atoms with Gasteiger partial charge in [0.05, 0.1) is 24.5 Å². The Hall–Kier alpha value is -3.23. The lowest BCUT2D eigenvalue weighted by molar-refractivity contribution is -0.144. The molecule has 5 atom stereocenters. The third-order valence-corrected chi connectivity index (χ3v) is 7.52. The second kappa shape index (κ2) is 7.40. The fourth-order valence-corrected chi connectivity index (χ4v) is 6.05. The number of carbonyl (C=O) groups excluding carboxylic acids is 3. The van der Waals surface area contributed by atoms with Gasteiger partial charge in [-0.2, -0.15) is 0 Å². The molecule has 8 nitrogen and oxygen atoms in total. The summed E-state index contributed by atoms with van der Waals surface area (Å²) < 4.78 is 5.70. The molecule has 4 aliphatic heterocycles. The summed E-state index contributed by atoms with van der Waals surface area (Å²) in [7, 11) is 0. The Morgan fingerprint density at radius 3 is 2.61 bits per heavy atom. The Kier molecular flexibility index (Phi) is 4.57. The monoisotopic (exact) mass is 447 g/mol. The number of phenolic OH excluding ortho intramolecular Hbond substituents is 1. The van der Waals surface area contributed by atoms with E-state index in [4.69, 9.17) is 4.74 Å². The van der Waals surface area contributed by atoms with Crippen molar-refractivity contribution in [2.75, 3.05) is 18.5 Å². The summed E-state index contributed by atoms with van der Waals surface area (Å²) in [5, 5.41) is 16.0. The van der Waals surface area contributed by atoms with E-state index in [0.717, 1.165) is 18.4 Å². The number of imide groups is 1. The van der Waals surface area contributed by atoms with E-state index >= 15 is 0 Å². The van der Waals surface area contributed by atoms with Gasteiger partial charge in [0, 0.05) is 23.9 Å². The molecular formula is C25H25N3O5. The van der Waals surface area contributed by atoms with Crippen molar-refractivity contribution < 1.29 is 24.2 Å². The van der Waals surface area contributed by atoms with Gasteiger partial charge in [0.25, 0.3) is 0 Å². The van der Waals surface area contributed by atoms with Crippen molar-refractivity contribution in [2.45, 2.75) is 36.9 Å². The van der Waals surface area contributed by atoms with Gasteiger partial charge in [-0.3, -0.25) is 24.6 Å². The van der Waals surface area contributed by atoms with Crippen LogP contribution in [0.4, 0.5) is 5.69 Å². The zero-order valence-electron chi connectivity index (χ0n) is 18.0. The maximum atomic E-state index is 13.7. The lowest BCUT2D eigenvalue weighted by Crippen LogP contribution is -2.54. The van der Waals surface area contributed by atoms with Crippen LogP contribution in [0.1, 0.15) is 24.0 Å². The molecule has 3 N–H and O–H groups in total. The van der Waals surface area contributed by atoms with Crippen LogP contribution in [0.2, 0.25) is 0 Å². The average molecular weight is 447 g/mol. The third kappa shape index (κ3) is 2.94. The van der Waals surface area contributed by atoms with Crippen LogP contribution in [0.3, 0.4) is 0 Å². The topological polar surface area (TPSA) is 108 Å². The number of para-hydroxylation sites is 1. The van der Waals surface area contributed by atoms with E-state index in [2.05, 4.69) is 10.6 Å². The summed E-state index contributed by atoms with van der Waals surface area (Å²) in [5.74, 6) is -2.18. The molecule has 8 heteroatoms. The van der Waals surface area contributed by atoms with Crippen LogP contribution < -0.4 is 10.6 Å². The van der Waals surface area contributed by atoms with E-state index in [1.165, 1.54) is 4.90 Å². The average Bonchev–Trinajstić information content (AvgIpc) is 3.55. The van der Waals surface area contributed by atoms with E-state index in [1.54, 1.807) is 24.3 Å². The van der Waals surface area contributed by atoms with Gasteiger partial charge in [-0.05, 0) is 43.0 Å². The number of carbonyl (C=O) groups is 3. The highest BCUT2D eigenvalue weighted by atomic mass is 16.5. The fourth-order valence-electron chi connectivity index (χ4n) is 6.05. The summed E-state index contributed by atoms with van der Waals surface area (Å²) in [6, 6.07) is 13.7. The van der Waals surface area contributed by atoms with Crippen molar-refractivity contribution in [2.24, 2.45) is 11.8 Å². The first-order valence-corrected chi connectivity index (χ1v) is 11.4. The molecular weight excluding hydrogens is 422 g/mol. The number of nitrogens with zero attached hydrogens (tertiary/aromatic N) is 1. The lowest BCUT2D eigenvalue weighted by Gasteiger charge is -2.30. The van der Waals surface area contributed by atoms with E-state index in [9.17, 15) is 19.5 Å². The van der Waals surface area contributed by atoms with Crippen molar-refractivity contribution in [3.63, 3.8) is 0 Å². The first-order chi connectivity index (χ1) is 16.0. The minimum atomic E-state index is -1.29. The fraction of sp³-hybridized carbons (Fsp3) is 0.400. The SMILES string of the molecule is O=C1[C@H]2[C@H](Cc3ccc(O)cc3)N[C@]3(C(=O)Nc4ccccc43)[C@@H]2C(=O)N1C[C@H]1CCCO1. The predicted octanol–water partition coefficient (Wildman–Crippen LogP) is 1.53. The second-order valence-electron chi connectivity index (χ2n) is 9.35. The van der Waals surface area contributed by atoms with Crippen molar-refractivity contribution in [1.29, 1.82) is 0 Å². The third-order valence-electron chi connectivity index (χ3n) is 7.52. The molecule has 6 rings (SSSR count). The molecule has 0 saturated carbocycles. The zero-order valence-corrected chi connectivity index (χ0v) is 18.0. The number of fused-ring (bicyclic) bond motifs is 4. The molecule has 3 amide bonds. The highest BCUT2D eigenvalue weighted by Gasteiger charge is 2.70. The van der Waals surface area contributed by atoms with Crippen molar-refractivity contribution in [3.8, 4) is 5.75 Å². The maximum absolute atomic E-state index is 13.7. The number of anilines is 1. The first-order valence-electron chi connectivity index (χ1n) is 11.4. The molecule has 2 aromatic carbocycles. The standard InChI is InChI=1S/C25H25N3O5/c29-15-9-7-14(8-10-15)12-19-20-21(23(31)28(22(20)30)13-16-4-3-11-33-16)25(27-19)17-5-1-2-6-18(17)26-24(25)32/h1-2,5-10,16,19-21,27,29H,3-4,11-13H2,(H,26,32)/t16-,19+,20+,21+,25+/m1/s1. The largest absolute Gasteiger partial charge is 0.508 e. The number of benzene rings is 2. The van der Waals surface area contributed by atoms with Gasteiger partial charge in [0.2, 0.25) is 17.7 Å². The van der Waals surface area contributed by atoms with Gasteiger partial charge < -0.3 is 15.2 Å². The van der Waals surface area contributed by atoms with Gasteiger partial charge in [-0.25, -0.2) is 0 Å². The van der Waals surface area contributed by atoms with Crippen LogP contribution >= 0.6 is 0 Å². The molecule has 33 heavy (non-hydrogen) atoms. The minimum absolute atomic E-state index is 0.152. The van der Waals surface area contributed by atoms with Gasteiger partial charge in [0.1, 0.15) is 11.3 Å². The van der Waals surface area contributed by atoms with Crippen LogP contribution in [0.5, 0.6) is 5.75 Å². The number of likely N-dealkylation sites (tertiary alicyclic amines) is 1. The van der Waals surface area contributed by atoms with Gasteiger partial charge >= 0.3 is 0 Å². The van der Waals surface area contributed by atoms with Crippen LogP contribution in [0.15, 0.2) is 48.5 Å². The normalized spacial score (nSPS) is 32.5. The molecule has 2 aromatic rings. The summed E-state index contributed by atoms with van der Waals surface area (Å²) in [4.78, 5) is 42.1. The Morgan fingerprint density at radius 2 is 1.85 bits per heavy atom. The zero-order chi connectivity index (χ0) is 22.7. The van der Waals surface area contributed by atoms with Crippen molar-refractivity contribution >= 4 is 23.4 Å². The molecule has 0 bridgehead atoms. The predicted molar refractivity (Wildman–Crippen MR) is 118 cm³/mol. The van der Waals surface area contributed by atoms with Crippen LogP contribution in [-0.2, 0) is 31.1 Å². The molecule has 3 fully saturated rings. The van der Waals surface area contributed by atoms with E-state index in [-0.39, 0.29) is 36.1 Å². The molecule has 0 aromatic heterocycles. The van der Waals surface area contributed by atoms with E-state index in [1.807, 2.05) is 24.3 Å². The number of hydrogen-bond acceptors (Lipinski definition) is 6. The highest BCUT2D eigenvalue weighted by Crippen LogP contribution is 2.53. The Morgan fingerprint density at radius 1 is 1.06 bits per heavy atom. The second-order valence-corrected chi connectivity index (χ2v) is 9.35. The van der Waals surface area contributed by atoms with Crippen LogP contribution in [-0.4, -0.2) is 53.0 Å². The number of rotatable bonds is 4. The minimum Gasteiger partial charge on any atom is -0.508 e. The van der Waals surface area contributed by atoms with Crippen molar-refractivity contribution in [1.82, 2.24) is 10.2 Å². The molecule has 4 heterocycles. The summed E-state index contributed by atoms with van der Waals surface area (Å²) in [5.41, 5.74) is 0.988. The molecule has 0 aliphatic carbocycles. The quantitative estimate of drug-likeness (QED) is 0.614. The smallest absolute Gasteiger partial charge is 0.250 e. The summed E-state index contributed by atoms with van der Waals surface area (Å²) >= 11 is 0. The van der Waals surface area contributed by atoms with Gasteiger partial charge in [-0.1, -0.05) is 30.3 Å². The molecule has 3 saturated heterocycles. The molecule has 0 unspecified atom stereocenters. The first kappa shape index (κ1) is 20.4. The maximum Gasteiger partial charge on any atom is 0.250 e. The number of ether oxygens (including phenoxy) is 1. The van der Waals surface area contributed by atoms with Crippen LogP contribution in [0.25, 0.3) is 0 Å². The molecule has 4 aliphatic rings. The Bertz CT molecular complexity index is 1140. The molecule has 0 radical (unpaired) electrons. The lowest BCUT2D eigenvalue weighted by atomic mass is 9.76.